The number of halogens is 2. The Bertz CT molecular complexity index is 408. The molecule has 2 rings (SSSR count). The molecule has 0 aliphatic heterocycles. The second-order valence-corrected chi connectivity index (χ2v) is 7.81. The Morgan fingerprint density at radius 2 is 2.11 bits per heavy atom. The molecule has 0 saturated heterocycles. The molecule has 0 bridgehead atoms. The zero-order valence-electron chi connectivity index (χ0n) is 10.7. The molecule has 0 heterocycles. The summed E-state index contributed by atoms with van der Waals surface area (Å²) >= 11 is 5.89. The van der Waals surface area contributed by atoms with Crippen molar-refractivity contribution in [3.63, 3.8) is 0 Å². The van der Waals surface area contributed by atoms with Crippen molar-refractivity contribution in [2.45, 2.75) is 32.0 Å². The first-order chi connectivity index (χ1) is 8.54. The lowest BCUT2D eigenvalue weighted by molar-refractivity contribution is 0.0379. The van der Waals surface area contributed by atoms with Gasteiger partial charge in [0.25, 0.3) is 0 Å². The molecule has 1 saturated carbocycles. The molecule has 5 heteroatoms. The van der Waals surface area contributed by atoms with Crippen LogP contribution < -0.4 is 4.74 Å². The molecule has 0 atom stereocenters. The Labute approximate surface area is 114 Å². The Kier molecular flexibility index (Phi) is 4.64. The van der Waals surface area contributed by atoms with Gasteiger partial charge in [0.05, 0.1) is 11.6 Å². The molecule has 0 aromatic heterocycles. The molecule has 0 radical (unpaired) electrons. The monoisotopic (exact) mass is 288 g/mol. The van der Waals surface area contributed by atoms with E-state index in [2.05, 4.69) is 13.1 Å². The van der Waals surface area contributed by atoms with Crippen LogP contribution in [0.1, 0.15) is 12.8 Å². The standard InChI is InChI=1S/C13H18ClFO2Si/c1-18(2)17-11-5-9(6-11)8-16-13-4-3-10(15)7-12(13)14/h3-4,7,9,11,18H,5-6,8H2,1-2H3/t9-,11+. The van der Waals surface area contributed by atoms with Gasteiger partial charge in [-0.1, -0.05) is 11.6 Å². The Balaban J connectivity index is 1.73. The quantitative estimate of drug-likeness (QED) is 0.770. The molecule has 0 unspecified atom stereocenters. The average Bonchev–Trinajstić information content (AvgIpc) is 2.23. The maximum atomic E-state index is 12.8. The molecular formula is C13H18ClFO2Si. The Hall–Kier alpha value is -0.583. The third kappa shape index (κ3) is 3.70. The molecule has 18 heavy (non-hydrogen) atoms. The SMILES string of the molecule is C[SiH](C)O[C@H]1C[C@@H](COc2ccc(F)cc2Cl)C1. The van der Waals surface area contributed by atoms with Crippen LogP contribution in [0, 0.1) is 11.7 Å². The van der Waals surface area contributed by atoms with E-state index in [4.69, 9.17) is 20.8 Å². The summed E-state index contributed by atoms with van der Waals surface area (Å²) in [6.45, 7) is 5.00. The minimum Gasteiger partial charge on any atom is -0.492 e. The highest BCUT2D eigenvalue weighted by molar-refractivity contribution is 6.48. The minimum absolute atomic E-state index is 0.330. The van der Waals surface area contributed by atoms with Gasteiger partial charge in [-0.3, -0.25) is 0 Å². The highest BCUT2D eigenvalue weighted by Gasteiger charge is 2.30. The van der Waals surface area contributed by atoms with E-state index in [1.807, 2.05) is 0 Å². The summed E-state index contributed by atoms with van der Waals surface area (Å²) in [6.07, 6.45) is 2.54. The van der Waals surface area contributed by atoms with E-state index in [1.165, 1.54) is 12.1 Å². The van der Waals surface area contributed by atoms with Crippen LogP contribution in [-0.2, 0) is 4.43 Å². The summed E-state index contributed by atoms with van der Waals surface area (Å²) in [6, 6.07) is 4.21. The lowest BCUT2D eigenvalue weighted by Crippen LogP contribution is -2.37. The van der Waals surface area contributed by atoms with Crippen LogP contribution >= 0.6 is 11.6 Å². The van der Waals surface area contributed by atoms with Gasteiger partial charge in [-0.25, -0.2) is 4.39 Å². The summed E-state index contributed by atoms with van der Waals surface area (Å²) < 4.78 is 24.3. The number of hydrogen-bond donors (Lipinski definition) is 0. The van der Waals surface area contributed by atoms with Crippen LogP contribution in [0.4, 0.5) is 4.39 Å². The maximum absolute atomic E-state index is 12.8. The van der Waals surface area contributed by atoms with E-state index in [1.54, 1.807) is 6.07 Å². The van der Waals surface area contributed by atoms with E-state index in [0.29, 0.717) is 29.4 Å². The average molecular weight is 289 g/mol. The van der Waals surface area contributed by atoms with Crippen molar-refractivity contribution in [2.24, 2.45) is 5.92 Å². The van der Waals surface area contributed by atoms with Gasteiger partial charge in [0.15, 0.2) is 9.04 Å². The van der Waals surface area contributed by atoms with Gasteiger partial charge >= 0.3 is 0 Å². The first kappa shape index (κ1) is 13.8. The minimum atomic E-state index is -0.919. The fourth-order valence-electron chi connectivity index (χ4n) is 2.11. The van der Waals surface area contributed by atoms with Crippen LogP contribution in [0.2, 0.25) is 18.1 Å². The van der Waals surface area contributed by atoms with Crippen molar-refractivity contribution in [1.29, 1.82) is 0 Å². The van der Waals surface area contributed by atoms with E-state index in [9.17, 15) is 4.39 Å². The first-order valence-corrected chi connectivity index (χ1v) is 9.43. The van der Waals surface area contributed by atoms with Crippen molar-refractivity contribution < 1.29 is 13.6 Å². The second kappa shape index (κ2) is 6.04. The Morgan fingerprint density at radius 3 is 2.72 bits per heavy atom. The smallest absolute Gasteiger partial charge is 0.171 e. The molecule has 0 amide bonds. The van der Waals surface area contributed by atoms with E-state index >= 15 is 0 Å². The molecule has 1 aromatic rings. The van der Waals surface area contributed by atoms with Gasteiger partial charge in [0.2, 0.25) is 0 Å². The summed E-state index contributed by atoms with van der Waals surface area (Å²) in [5.74, 6) is 0.746. The molecular weight excluding hydrogens is 271 g/mol. The number of rotatable bonds is 5. The third-order valence-corrected chi connectivity index (χ3v) is 4.25. The van der Waals surface area contributed by atoms with E-state index in [0.717, 1.165) is 12.8 Å². The molecule has 100 valence electrons. The first-order valence-electron chi connectivity index (χ1n) is 6.28. The second-order valence-electron chi connectivity index (χ2n) is 5.03. The topological polar surface area (TPSA) is 18.5 Å². The van der Waals surface area contributed by atoms with Crippen LogP contribution in [0.15, 0.2) is 18.2 Å². The fourth-order valence-corrected chi connectivity index (χ4v) is 3.32. The summed E-state index contributed by atoms with van der Waals surface area (Å²) in [5, 5.41) is 0.330. The van der Waals surface area contributed by atoms with Crippen molar-refractivity contribution in [3.8, 4) is 5.75 Å². The molecule has 1 aliphatic rings. The van der Waals surface area contributed by atoms with Gasteiger partial charge in [-0.15, -0.1) is 0 Å². The van der Waals surface area contributed by atoms with Crippen LogP contribution in [-0.4, -0.2) is 21.8 Å². The van der Waals surface area contributed by atoms with Crippen molar-refractivity contribution in [1.82, 2.24) is 0 Å². The molecule has 2 nitrogen and oxygen atoms in total. The Morgan fingerprint density at radius 1 is 1.39 bits per heavy atom. The van der Waals surface area contributed by atoms with Crippen LogP contribution in [0.3, 0.4) is 0 Å². The lowest BCUT2D eigenvalue weighted by Gasteiger charge is -2.36. The molecule has 0 spiro atoms. The fraction of sp³-hybridized carbons (Fsp3) is 0.538. The zero-order chi connectivity index (χ0) is 13.1. The molecule has 1 aromatic carbocycles. The number of benzene rings is 1. The van der Waals surface area contributed by atoms with E-state index in [-0.39, 0.29) is 5.82 Å². The molecule has 1 aliphatic carbocycles. The third-order valence-electron chi connectivity index (χ3n) is 3.03. The zero-order valence-corrected chi connectivity index (χ0v) is 12.6. The normalized spacial score (nSPS) is 22.9. The van der Waals surface area contributed by atoms with Gasteiger partial charge in [0.1, 0.15) is 11.6 Å². The maximum Gasteiger partial charge on any atom is 0.171 e. The summed E-state index contributed by atoms with van der Waals surface area (Å²) in [4.78, 5) is 0. The summed E-state index contributed by atoms with van der Waals surface area (Å²) in [5.41, 5.74) is 0. The van der Waals surface area contributed by atoms with Gasteiger partial charge in [-0.2, -0.15) is 0 Å². The van der Waals surface area contributed by atoms with Gasteiger partial charge in [0, 0.05) is 6.10 Å². The highest BCUT2D eigenvalue weighted by Crippen LogP contribution is 2.32. The van der Waals surface area contributed by atoms with Crippen molar-refractivity contribution in [2.75, 3.05) is 6.61 Å². The van der Waals surface area contributed by atoms with Gasteiger partial charge in [-0.05, 0) is 50.1 Å². The lowest BCUT2D eigenvalue weighted by atomic mass is 9.83. The highest BCUT2D eigenvalue weighted by atomic mass is 35.5. The predicted octanol–water partition coefficient (Wildman–Crippen LogP) is 3.64. The number of ether oxygens (including phenoxy) is 1. The molecule has 1 fully saturated rings. The van der Waals surface area contributed by atoms with Crippen molar-refractivity contribution in [3.05, 3.63) is 29.0 Å². The van der Waals surface area contributed by atoms with Gasteiger partial charge < -0.3 is 9.16 Å². The van der Waals surface area contributed by atoms with Crippen molar-refractivity contribution >= 4 is 20.6 Å². The van der Waals surface area contributed by atoms with Crippen LogP contribution in [0.5, 0.6) is 5.75 Å². The largest absolute Gasteiger partial charge is 0.492 e. The molecule has 0 N–H and O–H groups in total. The van der Waals surface area contributed by atoms with E-state index < -0.39 is 9.04 Å². The summed E-state index contributed by atoms with van der Waals surface area (Å²) in [7, 11) is -0.919. The number of hydrogen-bond acceptors (Lipinski definition) is 2. The predicted molar refractivity (Wildman–Crippen MR) is 73.4 cm³/mol. The van der Waals surface area contributed by atoms with Crippen LogP contribution in [0.25, 0.3) is 0 Å².